The number of ether oxygens (including phenoxy) is 1. The molecule has 272 valence electrons. The van der Waals surface area contributed by atoms with Crippen molar-refractivity contribution in [3.8, 4) is 11.5 Å². The lowest BCUT2D eigenvalue weighted by atomic mass is 9.49. The molecular formula is C38H28ClF4N3O6S. The first kappa shape index (κ1) is 34.9. The minimum absolute atomic E-state index is 0.0519. The van der Waals surface area contributed by atoms with Gasteiger partial charge in [-0.15, -0.1) is 24.5 Å². The number of allylic oxidation sites excluding steroid dienone is 2. The van der Waals surface area contributed by atoms with E-state index in [0.717, 1.165) is 40.2 Å². The first-order valence-corrected chi connectivity index (χ1v) is 17.9. The van der Waals surface area contributed by atoms with E-state index in [1.165, 1.54) is 40.5 Å². The molecule has 3 heterocycles. The summed E-state index contributed by atoms with van der Waals surface area (Å²) in [5, 5.41) is 14.4. The molecule has 0 spiro atoms. The van der Waals surface area contributed by atoms with E-state index in [0.29, 0.717) is 10.6 Å². The molecule has 1 saturated carbocycles. The average Bonchev–Trinajstić information content (AvgIpc) is 3.78. The van der Waals surface area contributed by atoms with Gasteiger partial charge in [0.1, 0.15) is 17.3 Å². The van der Waals surface area contributed by atoms with Crippen molar-refractivity contribution in [3.05, 3.63) is 123 Å². The van der Waals surface area contributed by atoms with Gasteiger partial charge >= 0.3 is 6.36 Å². The molecule has 6 unspecified atom stereocenters. The number of hydrazine groups is 1. The molecule has 4 amide bonds. The number of rotatable bonds is 7. The maximum absolute atomic E-state index is 15.2. The number of alkyl halides is 3. The van der Waals surface area contributed by atoms with Crippen molar-refractivity contribution in [2.75, 3.05) is 5.43 Å². The third-order valence-corrected chi connectivity index (χ3v) is 11.9. The van der Waals surface area contributed by atoms with Crippen molar-refractivity contribution < 1.29 is 46.6 Å². The average molecular weight is 766 g/mol. The molecule has 9 nitrogen and oxygen atoms in total. The van der Waals surface area contributed by atoms with E-state index in [4.69, 9.17) is 11.6 Å². The molecular weight excluding hydrogens is 738 g/mol. The molecule has 4 aromatic rings. The third kappa shape index (κ3) is 5.66. The van der Waals surface area contributed by atoms with Crippen molar-refractivity contribution in [2.45, 2.75) is 37.1 Å². The summed E-state index contributed by atoms with van der Waals surface area (Å²) in [5.74, 6) is -9.28. The summed E-state index contributed by atoms with van der Waals surface area (Å²) >= 11 is 7.66. The summed E-state index contributed by atoms with van der Waals surface area (Å²) in [6, 6.07) is 17.5. The van der Waals surface area contributed by atoms with Gasteiger partial charge in [0.05, 0.1) is 35.4 Å². The van der Waals surface area contributed by atoms with Gasteiger partial charge in [-0.25, -0.2) is 4.39 Å². The van der Waals surface area contributed by atoms with Gasteiger partial charge in [0.15, 0.2) is 0 Å². The van der Waals surface area contributed by atoms with E-state index in [9.17, 15) is 37.1 Å². The Kier molecular flexibility index (Phi) is 8.37. The topological polar surface area (TPSA) is 116 Å². The van der Waals surface area contributed by atoms with E-state index in [1.807, 2.05) is 5.38 Å². The number of phenols is 1. The first-order chi connectivity index (χ1) is 25.3. The Morgan fingerprint density at radius 1 is 0.943 bits per heavy atom. The fraction of sp³-hybridized carbons (Fsp3) is 0.263. The van der Waals surface area contributed by atoms with Gasteiger partial charge < -0.3 is 9.84 Å². The minimum atomic E-state index is -5.10. The molecule has 2 aliphatic carbocycles. The largest absolute Gasteiger partial charge is 0.573 e. The van der Waals surface area contributed by atoms with Crippen molar-refractivity contribution in [1.82, 2.24) is 9.91 Å². The number of imide groups is 2. The van der Waals surface area contributed by atoms with Crippen LogP contribution in [0.15, 0.2) is 95.9 Å². The van der Waals surface area contributed by atoms with Crippen molar-refractivity contribution in [3.63, 3.8) is 0 Å². The number of hydrogen-bond acceptors (Lipinski definition) is 8. The molecule has 15 heteroatoms. The number of thiophene rings is 1. The molecule has 8 rings (SSSR count). The molecule has 3 aromatic carbocycles. The summed E-state index contributed by atoms with van der Waals surface area (Å²) in [4.78, 5) is 59.9. The fourth-order valence-corrected chi connectivity index (χ4v) is 9.56. The molecule has 53 heavy (non-hydrogen) atoms. The third-order valence-electron chi connectivity index (χ3n) is 10.8. The lowest BCUT2D eigenvalue weighted by Crippen LogP contribution is -2.53. The van der Waals surface area contributed by atoms with E-state index in [2.05, 4.69) is 10.2 Å². The number of anilines is 1. The Bertz CT molecular complexity index is 2180. The zero-order valence-electron chi connectivity index (χ0n) is 27.3. The smallest absolute Gasteiger partial charge is 0.508 e. The minimum Gasteiger partial charge on any atom is -0.508 e. The second kappa shape index (κ2) is 12.7. The van der Waals surface area contributed by atoms with Gasteiger partial charge in [0, 0.05) is 21.4 Å². The van der Waals surface area contributed by atoms with Gasteiger partial charge in [0.25, 0.3) is 11.8 Å². The SMILES string of the molecule is O=C1C2CC=C3C(CC4C(=O)N(Nc5ccc(F)cc5)C(=O)C4(c4ccc(Cl)cc4)C3c3cc(OC(F)(F)F)ccc3O)C2C(=O)N1Cc1cccs1. The van der Waals surface area contributed by atoms with Crippen LogP contribution in [0.25, 0.3) is 0 Å². The summed E-state index contributed by atoms with van der Waals surface area (Å²) in [7, 11) is 0. The molecule has 6 atom stereocenters. The Hall–Kier alpha value is -5.21. The second-order valence-corrected chi connectivity index (χ2v) is 15.0. The maximum Gasteiger partial charge on any atom is 0.573 e. The van der Waals surface area contributed by atoms with Crippen LogP contribution in [0.4, 0.5) is 23.2 Å². The van der Waals surface area contributed by atoms with Crippen LogP contribution in [0.5, 0.6) is 11.5 Å². The lowest BCUT2D eigenvalue weighted by Gasteiger charge is -2.50. The van der Waals surface area contributed by atoms with Crippen LogP contribution in [0.2, 0.25) is 5.02 Å². The molecule has 2 N–H and O–H groups in total. The van der Waals surface area contributed by atoms with Crippen LogP contribution in [-0.4, -0.2) is 45.0 Å². The van der Waals surface area contributed by atoms with Gasteiger partial charge in [0.2, 0.25) is 11.8 Å². The molecule has 0 radical (unpaired) electrons. The Morgan fingerprint density at radius 3 is 2.36 bits per heavy atom. The van der Waals surface area contributed by atoms with E-state index in [-0.39, 0.29) is 42.1 Å². The van der Waals surface area contributed by atoms with Crippen LogP contribution in [-0.2, 0) is 31.1 Å². The number of phenolic OH excluding ortho intramolecular Hbond substituents is 1. The number of hydrogen-bond donors (Lipinski definition) is 2. The highest BCUT2D eigenvalue weighted by Crippen LogP contribution is 2.65. The number of nitrogens with zero attached hydrogens (tertiary/aromatic N) is 2. The van der Waals surface area contributed by atoms with Crippen molar-refractivity contribution in [1.29, 1.82) is 0 Å². The first-order valence-electron chi connectivity index (χ1n) is 16.6. The number of nitrogens with one attached hydrogen (secondary N) is 1. The number of amides is 4. The summed E-state index contributed by atoms with van der Waals surface area (Å²) < 4.78 is 58.8. The van der Waals surface area contributed by atoms with Crippen LogP contribution >= 0.6 is 22.9 Å². The number of fused-ring (bicyclic) bond motifs is 4. The summed E-state index contributed by atoms with van der Waals surface area (Å²) in [6.07, 6.45) is -3.41. The summed E-state index contributed by atoms with van der Waals surface area (Å²) in [5.41, 5.74) is 1.60. The lowest BCUT2D eigenvalue weighted by molar-refractivity contribution is -0.274. The number of halogens is 5. The van der Waals surface area contributed by atoms with E-state index >= 15 is 4.79 Å². The monoisotopic (exact) mass is 765 g/mol. The van der Waals surface area contributed by atoms with Crippen molar-refractivity contribution in [2.24, 2.45) is 23.7 Å². The van der Waals surface area contributed by atoms with Gasteiger partial charge in [-0.05, 0) is 90.4 Å². The Morgan fingerprint density at radius 2 is 1.68 bits per heavy atom. The standard InChI is InChI=1S/C38H28ClF4N3O6S/c39-20-5-3-19(4-6-20)37-29(34(49)46(36(37)51)44-22-9-7-21(40)8-10-22)17-27-25(32(37)28-16-23(11-14-30(28)47)52-38(41,42)43)12-13-26-31(27)35(50)45(33(26)48)18-24-2-1-15-53-24/h1-12,14-16,26-27,29,31-32,44,47H,13,17-18H2. The highest BCUT2D eigenvalue weighted by Gasteiger charge is 2.70. The van der Waals surface area contributed by atoms with Crippen LogP contribution in [0.3, 0.4) is 0 Å². The Labute approximate surface area is 308 Å². The highest BCUT2D eigenvalue weighted by atomic mass is 35.5. The van der Waals surface area contributed by atoms with Gasteiger partial charge in [-0.3, -0.25) is 29.5 Å². The molecule has 1 aromatic heterocycles. The number of aromatic hydroxyl groups is 1. The van der Waals surface area contributed by atoms with Gasteiger partial charge in [-0.1, -0.05) is 41.4 Å². The summed E-state index contributed by atoms with van der Waals surface area (Å²) in [6.45, 7) is 0.0519. The quantitative estimate of drug-likeness (QED) is 0.115. The van der Waals surface area contributed by atoms with Gasteiger partial charge in [-0.2, -0.15) is 5.01 Å². The zero-order valence-corrected chi connectivity index (χ0v) is 28.9. The number of carbonyl (C=O) groups excluding carboxylic acids is 4. The molecule has 3 fully saturated rings. The van der Waals surface area contributed by atoms with Crippen molar-refractivity contribution >= 4 is 52.3 Å². The van der Waals surface area contributed by atoms with Crippen LogP contribution < -0.4 is 10.2 Å². The molecule has 2 saturated heterocycles. The van der Waals surface area contributed by atoms with E-state index < -0.39 is 76.4 Å². The molecule has 2 aliphatic heterocycles. The second-order valence-electron chi connectivity index (χ2n) is 13.5. The number of likely N-dealkylation sites (tertiary alicyclic amines) is 1. The predicted molar refractivity (Wildman–Crippen MR) is 184 cm³/mol. The predicted octanol–water partition coefficient (Wildman–Crippen LogP) is 7.33. The van der Waals surface area contributed by atoms with Crippen LogP contribution in [0, 0.1) is 29.5 Å². The fourth-order valence-electron chi connectivity index (χ4n) is 8.74. The molecule has 0 bridgehead atoms. The highest BCUT2D eigenvalue weighted by molar-refractivity contribution is 7.09. The normalized spacial score (nSPS) is 26.7. The number of benzene rings is 3. The van der Waals surface area contributed by atoms with E-state index in [1.54, 1.807) is 30.3 Å². The molecule has 4 aliphatic rings. The Balaban J connectivity index is 1.33. The van der Waals surface area contributed by atoms with Crippen LogP contribution in [0.1, 0.15) is 34.8 Å². The maximum atomic E-state index is 15.2. The number of carbonyl (C=O) groups is 4. The zero-order chi connectivity index (χ0) is 37.4.